The summed E-state index contributed by atoms with van der Waals surface area (Å²) in [6.45, 7) is 2.15. The van der Waals surface area contributed by atoms with Crippen LogP contribution in [0.3, 0.4) is 0 Å². The second kappa shape index (κ2) is 7.22. The van der Waals surface area contributed by atoms with Crippen molar-refractivity contribution in [3.05, 3.63) is 24.0 Å². The number of halogens is 3. The molecule has 2 heterocycles. The number of amides is 1. The van der Waals surface area contributed by atoms with Gasteiger partial charge in [0, 0.05) is 44.5 Å². The number of alkyl halides is 3. The van der Waals surface area contributed by atoms with Gasteiger partial charge in [-0.2, -0.15) is 13.2 Å². The number of piperidine rings is 1. The molecule has 4 nitrogen and oxygen atoms in total. The van der Waals surface area contributed by atoms with Gasteiger partial charge in [-0.25, -0.2) is 0 Å². The Hall–Kier alpha value is -1.79. The smallest absolute Gasteiger partial charge is 0.371 e. The minimum absolute atomic E-state index is 0.211. The number of pyridine rings is 1. The van der Waals surface area contributed by atoms with Crippen LogP contribution < -0.4 is 4.90 Å². The molecule has 0 unspecified atom stereocenters. The summed E-state index contributed by atoms with van der Waals surface area (Å²) in [5.41, 5.74) is -0.280. The minimum atomic E-state index is -4.42. The van der Waals surface area contributed by atoms with Gasteiger partial charge < -0.3 is 9.80 Å². The Kier molecular flexibility index (Phi) is 5.20. The highest BCUT2D eigenvalue weighted by molar-refractivity contribution is 5.79. The average molecular weight is 355 g/mol. The summed E-state index contributed by atoms with van der Waals surface area (Å²) in [6.07, 6.45) is 1.72. The zero-order valence-electron chi connectivity index (χ0n) is 14.4. The highest BCUT2D eigenvalue weighted by atomic mass is 19.4. The van der Waals surface area contributed by atoms with Crippen molar-refractivity contribution in [3.63, 3.8) is 0 Å². The van der Waals surface area contributed by atoms with Crippen molar-refractivity contribution >= 4 is 11.6 Å². The van der Waals surface area contributed by atoms with Gasteiger partial charge >= 0.3 is 6.18 Å². The van der Waals surface area contributed by atoms with Crippen LogP contribution in [-0.2, 0) is 11.0 Å². The lowest BCUT2D eigenvalue weighted by atomic mass is 9.84. The first kappa shape index (κ1) is 18.0. The summed E-state index contributed by atoms with van der Waals surface area (Å²) >= 11 is 0. The molecular formula is C18H24F3N3O. The molecule has 1 aliphatic carbocycles. The maximum Gasteiger partial charge on any atom is 0.433 e. The highest BCUT2D eigenvalue weighted by Crippen LogP contribution is 2.32. The molecule has 0 radical (unpaired) electrons. The molecule has 0 spiro atoms. The van der Waals surface area contributed by atoms with Crippen LogP contribution >= 0.6 is 0 Å². The van der Waals surface area contributed by atoms with Gasteiger partial charge in [0.05, 0.1) is 0 Å². The Labute approximate surface area is 146 Å². The molecule has 1 amide bonds. The Bertz CT molecular complexity index is 608. The van der Waals surface area contributed by atoms with Crippen LogP contribution in [-0.4, -0.2) is 42.5 Å². The van der Waals surface area contributed by atoms with E-state index in [1.807, 2.05) is 16.8 Å². The molecule has 7 heteroatoms. The molecule has 0 bridgehead atoms. The second-order valence-corrected chi connectivity index (χ2v) is 7.17. The van der Waals surface area contributed by atoms with E-state index in [1.54, 1.807) is 6.07 Å². The van der Waals surface area contributed by atoms with Gasteiger partial charge in [0.2, 0.25) is 5.91 Å². The van der Waals surface area contributed by atoms with Crippen molar-refractivity contribution in [3.8, 4) is 0 Å². The van der Waals surface area contributed by atoms with E-state index in [0.29, 0.717) is 24.7 Å². The van der Waals surface area contributed by atoms with Gasteiger partial charge in [-0.15, -0.1) is 0 Å². The van der Waals surface area contributed by atoms with Crippen molar-refractivity contribution in [2.45, 2.75) is 38.3 Å². The highest BCUT2D eigenvalue weighted by Gasteiger charge is 2.33. The molecule has 1 aromatic heterocycles. The topological polar surface area (TPSA) is 36.4 Å². The quantitative estimate of drug-likeness (QED) is 0.828. The van der Waals surface area contributed by atoms with Gasteiger partial charge in [-0.3, -0.25) is 9.78 Å². The maximum absolute atomic E-state index is 12.8. The van der Waals surface area contributed by atoms with Crippen molar-refractivity contribution < 1.29 is 18.0 Å². The Morgan fingerprint density at radius 3 is 2.52 bits per heavy atom. The first-order valence-corrected chi connectivity index (χ1v) is 8.88. The zero-order valence-corrected chi connectivity index (χ0v) is 14.4. The van der Waals surface area contributed by atoms with Crippen molar-refractivity contribution in [1.29, 1.82) is 0 Å². The van der Waals surface area contributed by atoms with Gasteiger partial charge in [0.25, 0.3) is 0 Å². The molecule has 0 atom stereocenters. The Morgan fingerprint density at radius 2 is 1.96 bits per heavy atom. The van der Waals surface area contributed by atoms with Gasteiger partial charge in [0.15, 0.2) is 0 Å². The molecule has 1 aromatic rings. The van der Waals surface area contributed by atoms with Crippen LogP contribution in [0.1, 0.15) is 37.8 Å². The standard InChI is InChI=1S/C18H24F3N3O/c1-23(17(25)14-3-2-4-14)12-13-6-9-24(10-7-13)15-5-8-22-16(11-15)18(19,20)21/h5,8,11,13-14H,2-4,6-7,9-10,12H2,1H3. The fraction of sp³-hybridized carbons (Fsp3) is 0.667. The van der Waals surface area contributed by atoms with E-state index in [1.165, 1.54) is 6.20 Å². The Morgan fingerprint density at radius 1 is 1.28 bits per heavy atom. The van der Waals surface area contributed by atoms with Crippen molar-refractivity contribution in [1.82, 2.24) is 9.88 Å². The fourth-order valence-corrected chi connectivity index (χ4v) is 3.59. The molecule has 0 aromatic carbocycles. The summed E-state index contributed by atoms with van der Waals surface area (Å²) in [5.74, 6) is 0.870. The molecule has 2 fully saturated rings. The SMILES string of the molecule is CN(CC1CCN(c2ccnc(C(F)(F)F)c2)CC1)C(=O)C1CCC1. The number of nitrogens with zero attached hydrogens (tertiary/aromatic N) is 3. The summed E-state index contributed by atoms with van der Waals surface area (Å²) in [7, 11) is 1.87. The molecule has 2 aliphatic rings. The maximum atomic E-state index is 12.8. The number of hydrogen-bond acceptors (Lipinski definition) is 3. The summed E-state index contributed by atoms with van der Waals surface area (Å²) < 4.78 is 38.4. The van der Waals surface area contributed by atoms with Crippen LogP contribution in [0, 0.1) is 11.8 Å². The number of anilines is 1. The number of carbonyl (C=O) groups is 1. The zero-order chi connectivity index (χ0) is 18.0. The predicted molar refractivity (Wildman–Crippen MR) is 89.2 cm³/mol. The summed E-state index contributed by atoms with van der Waals surface area (Å²) in [5, 5.41) is 0. The lowest BCUT2D eigenvalue weighted by Gasteiger charge is -2.36. The molecule has 1 aliphatic heterocycles. The summed E-state index contributed by atoms with van der Waals surface area (Å²) in [4.78, 5) is 19.5. The number of hydrogen-bond donors (Lipinski definition) is 0. The molecule has 0 N–H and O–H groups in total. The Balaban J connectivity index is 1.52. The lowest BCUT2D eigenvalue weighted by Crippen LogP contribution is -2.42. The molecule has 3 rings (SSSR count). The molecule has 25 heavy (non-hydrogen) atoms. The predicted octanol–water partition coefficient (Wildman–Crippen LogP) is 3.58. The van der Waals surface area contributed by atoms with Gasteiger partial charge in [0.1, 0.15) is 5.69 Å². The van der Waals surface area contributed by atoms with E-state index in [9.17, 15) is 18.0 Å². The van der Waals surface area contributed by atoms with E-state index in [-0.39, 0.29) is 11.8 Å². The third kappa shape index (κ3) is 4.25. The lowest BCUT2D eigenvalue weighted by molar-refractivity contribution is -0.141. The van der Waals surface area contributed by atoms with E-state index in [0.717, 1.165) is 44.7 Å². The third-order valence-electron chi connectivity index (χ3n) is 5.38. The average Bonchev–Trinajstić information content (AvgIpc) is 2.53. The largest absolute Gasteiger partial charge is 0.433 e. The second-order valence-electron chi connectivity index (χ2n) is 7.17. The number of aromatic nitrogens is 1. The number of carbonyl (C=O) groups excluding carboxylic acids is 1. The molecular weight excluding hydrogens is 331 g/mol. The van der Waals surface area contributed by atoms with Crippen LogP contribution in [0.4, 0.5) is 18.9 Å². The molecule has 1 saturated heterocycles. The van der Waals surface area contributed by atoms with Crippen LogP contribution in [0.15, 0.2) is 18.3 Å². The first-order valence-electron chi connectivity index (χ1n) is 8.88. The van der Waals surface area contributed by atoms with Crippen LogP contribution in [0.25, 0.3) is 0 Å². The normalized spacial score (nSPS) is 19.6. The fourth-order valence-electron chi connectivity index (χ4n) is 3.59. The first-order chi connectivity index (χ1) is 11.8. The van der Waals surface area contributed by atoms with Gasteiger partial charge in [-0.05, 0) is 43.7 Å². The van der Waals surface area contributed by atoms with E-state index < -0.39 is 11.9 Å². The van der Waals surface area contributed by atoms with Crippen LogP contribution in [0.2, 0.25) is 0 Å². The minimum Gasteiger partial charge on any atom is -0.371 e. The molecule has 138 valence electrons. The molecule has 1 saturated carbocycles. The van der Waals surface area contributed by atoms with Gasteiger partial charge in [-0.1, -0.05) is 6.42 Å². The van der Waals surface area contributed by atoms with Crippen molar-refractivity contribution in [2.75, 3.05) is 31.6 Å². The van der Waals surface area contributed by atoms with Crippen molar-refractivity contribution in [2.24, 2.45) is 11.8 Å². The third-order valence-corrected chi connectivity index (χ3v) is 5.38. The van der Waals surface area contributed by atoms with E-state index >= 15 is 0 Å². The summed E-state index contributed by atoms with van der Waals surface area (Å²) in [6, 6.07) is 2.74. The van der Waals surface area contributed by atoms with E-state index in [4.69, 9.17) is 0 Å². The van der Waals surface area contributed by atoms with Crippen LogP contribution in [0.5, 0.6) is 0 Å². The monoisotopic (exact) mass is 355 g/mol. The number of rotatable bonds is 4. The van der Waals surface area contributed by atoms with E-state index in [2.05, 4.69) is 4.98 Å².